The lowest BCUT2D eigenvalue weighted by molar-refractivity contribution is -0.138. The number of hydrogen-bond acceptors (Lipinski definition) is 4. The summed E-state index contributed by atoms with van der Waals surface area (Å²) in [4.78, 5) is 37.1. The number of nitrogens with one attached hydrogen (secondary N) is 1. The molecular weight excluding hydrogens is 278 g/mol. The SMILES string of the molecule is CC(=O)N1CCN(C(=O)Nc2cnn(CC(=O)O)c2)CC1. The van der Waals surface area contributed by atoms with Crippen LogP contribution >= 0.6 is 0 Å². The molecule has 2 heterocycles. The molecular formula is C12H17N5O4. The molecule has 3 amide bonds. The number of carboxylic acids is 1. The van der Waals surface area contributed by atoms with Crippen LogP contribution in [0.2, 0.25) is 0 Å². The first-order valence-corrected chi connectivity index (χ1v) is 6.51. The van der Waals surface area contributed by atoms with Gasteiger partial charge in [-0.05, 0) is 0 Å². The maximum Gasteiger partial charge on any atom is 0.325 e. The number of hydrogen-bond donors (Lipinski definition) is 2. The van der Waals surface area contributed by atoms with Crippen molar-refractivity contribution in [1.29, 1.82) is 0 Å². The Bertz CT molecular complexity index is 548. The Morgan fingerprint density at radius 2 is 1.86 bits per heavy atom. The highest BCUT2D eigenvalue weighted by Crippen LogP contribution is 2.08. The van der Waals surface area contributed by atoms with Gasteiger partial charge in [0.25, 0.3) is 0 Å². The van der Waals surface area contributed by atoms with Crippen LogP contribution < -0.4 is 5.32 Å². The second-order valence-corrected chi connectivity index (χ2v) is 4.74. The molecule has 0 spiro atoms. The molecule has 1 aromatic heterocycles. The number of carbonyl (C=O) groups is 3. The van der Waals surface area contributed by atoms with E-state index in [2.05, 4.69) is 10.4 Å². The van der Waals surface area contributed by atoms with Crippen LogP contribution in [0, 0.1) is 0 Å². The Morgan fingerprint density at radius 3 is 2.43 bits per heavy atom. The number of carboxylic acid groups (broad SMARTS) is 1. The molecule has 0 saturated carbocycles. The Kier molecular flexibility index (Phi) is 4.41. The molecule has 21 heavy (non-hydrogen) atoms. The second-order valence-electron chi connectivity index (χ2n) is 4.74. The summed E-state index contributed by atoms with van der Waals surface area (Å²) >= 11 is 0. The van der Waals surface area contributed by atoms with E-state index in [9.17, 15) is 14.4 Å². The molecule has 1 aliphatic heterocycles. The minimum absolute atomic E-state index is 0.00463. The summed E-state index contributed by atoms with van der Waals surface area (Å²) in [7, 11) is 0. The molecule has 9 heteroatoms. The van der Waals surface area contributed by atoms with Crippen molar-refractivity contribution in [3.05, 3.63) is 12.4 Å². The van der Waals surface area contributed by atoms with Gasteiger partial charge >= 0.3 is 12.0 Å². The molecule has 1 saturated heterocycles. The number of aromatic nitrogens is 2. The molecule has 0 atom stereocenters. The van der Waals surface area contributed by atoms with E-state index in [1.54, 1.807) is 9.80 Å². The maximum absolute atomic E-state index is 12.0. The summed E-state index contributed by atoms with van der Waals surface area (Å²) < 4.78 is 1.23. The predicted octanol–water partition coefficient (Wildman–Crippen LogP) is -0.336. The normalized spacial score (nSPS) is 14.9. The second kappa shape index (κ2) is 6.25. The first-order valence-electron chi connectivity index (χ1n) is 6.51. The first-order chi connectivity index (χ1) is 9.95. The molecule has 2 rings (SSSR count). The van der Waals surface area contributed by atoms with Gasteiger partial charge in [0.2, 0.25) is 5.91 Å². The molecule has 0 aliphatic carbocycles. The Balaban J connectivity index is 1.86. The third-order valence-corrected chi connectivity index (χ3v) is 3.19. The van der Waals surface area contributed by atoms with Crippen LogP contribution in [0.5, 0.6) is 0 Å². The highest BCUT2D eigenvalue weighted by atomic mass is 16.4. The first kappa shape index (κ1) is 14.8. The van der Waals surface area contributed by atoms with E-state index in [-0.39, 0.29) is 18.5 Å². The topological polar surface area (TPSA) is 108 Å². The standard InChI is InChI=1S/C12H17N5O4/c1-9(18)15-2-4-16(5-3-15)12(21)14-10-6-13-17(7-10)8-11(19)20/h6-7H,2-5,8H2,1H3,(H,14,21)(H,19,20). The largest absolute Gasteiger partial charge is 0.480 e. The maximum atomic E-state index is 12.0. The van der Waals surface area contributed by atoms with Crippen molar-refractivity contribution in [1.82, 2.24) is 19.6 Å². The van der Waals surface area contributed by atoms with Crippen LogP contribution in [0.3, 0.4) is 0 Å². The van der Waals surface area contributed by atoms with Gasteiger partial charge in [-0.1, -0.05) is 0 Å². The number of rotatable bonds is 3. The predicted molar refractivity (Wildman–Crippen MR) is 72.7 cm³/mol. The van der Waals surface area contributed by atoms with E-state index < -0.39 is 5.97 Å². The zero-order chi connectivity index (χ0) is 15.4. The number of urea groups is 1. The van der Waals surface area contributed by atoms with Gasteiger partial charge in [-0.2, -0.15) is 5.10 Å². The molecule has 0 aromatic carbocycles. The quantitative estimate of drug-likeness (QED) is 0.793. The fourth-order valence-electron chi connectivity index (χ4n) is 2.08. The number of piperazine rings is 1. The summed E-state index contributed by atoms with van der Waals surface area (Å²) in [6.45, 7) is 3.21. The van der Waals surface area contributed by atoms with E-state index in [0.29, 0.717) is 31.9 Å². The molecule has 1 aromatic rings. The van der Waals surface area contributed by atoms with E-state index in [1.807, 2.05) is 0 Å². The molecule has 0 unspecified atom stereocenters. The lowest BCUT2D eigenvalue weighted by Gasteiger charge is -2.34. The lowest BCUT2D eigenvalue weighted by Crippen LogP contribution is -2.51. The number of aliphatic carboxylic acids is 1. The summed E-state index contributed by atoms with van der Waals surface area (Å²) in [6, 6.07) is -0.284. The number of amides is 3. The van der Waals surface area contributed by atoms with Gasteiger partial charge in [-0.25, -0.2) is 4.79 Å². The molecule has 0 radical (unpaired) electrons. The Labute approximate surface area is 121 Å². The number of nitrogens with zero attached hydrogens (tertiary/aromatic N) is 4. The van der Waals surface area contributed by atoms with Crippen molar-refractivity contribution in [2.45, 2.75) is 13.5 Å². The van der Waals surface area contributed by atoms with Crippen LogP contribution in [0.4, 0.5) is 10.5 Å². The van der Waals surface area contributed by atoms with Gasteiger partial charge < -0.3 is 20.2 Å². The molecule has 2 N–H and O–H groups in total. The van der Waals surface area contributed by atoms with Crippen LogP contribution in [-0.2, 0) is 16.1 Å². The fourth-order valence-corrected chi connectivity index (χ4v) is 2.08. The zero-order valence-electron chi connectivity index (χ0n) is 11.7. The summed E-state index contributed by atoms with van der Waals surface area (Å²) in [5.41, 5.74) is 0.440. The minimum Gasteiger partial charge on any atom is -0.480 e. The van der Waals surface area contributed by atoms with E-state index in [0.717, 1.165) is 0 Å². The van der Waals surface area contributed by atoms with E-state index >= 15 is 0 Å². The van der Waals surface area contributed by atoms with Gasteiger partial charge in [0.1, 0.15) is 6.54 Å². The van der Waals surface area contributed by atoms with Crippen LogP contribution in [0.15, 0.2) is 12.4 Å². The number of anilines is 1. The Hall–Kier alpha value is -2.58. The fraction of sp³-hybridized carbons (Fsp3) is 0.500. The minimum atomic E-state index is -1.00. The van der Waals surface area contributed by atoms with Gasteiger partial charge in [0.05, 0.1) is 11.9 Å². The van der Waals surface area contributed by atoms with Crippen LogP contribution in [0.25, 0.3) is 0 Å². The molecule has 9 nitrogen and oxygen atoms in total. The van der Waals surface area contributed by atoms with Crippen molar-refractivity contribution >= 4 is 23.6 Å². The molecule has 1 fully saturated rings. The summed E-state index contributed by atoms with van der Waals surface area (Å²) in [5, 5.41) is 15.1. The van der Waals surface area contributed by atoms with Crippen molar-refractivity contribution in [2.75, 3.05) is 31.5 Å². The van der Waals surface area contributed by atoms with Gasteiger partial charge in [-0.15, -0.1) is 0 Å². The van der Waals surface area contributed by atoms with Crippen molar-refractivity contribution < 1.29 is 19.5 Å². The average molecular weight is 295 g/mol. The van der Waals surface area contributed by atoms with Crippen molar-refractivity contribution in [3.8, 4) is 0 Å². The van der Waals surface area contributed by atoms with Gasteiger partial charge in [-0.3, -0.25) is 14.3 Å². The third kappa shape index (κ3) is 3.94. The monoisotopic (exact) mass is 295 g/mol. The third-order valence-electron chi connectivity index (χ3n) is 3.19. The lowest BCUT2D eigenvalue weighted by atomic mass is 10.3. The highest BCUT2D eigenvalue weighted by Gasteiger charge is 2.22. The van der Waals surface area contributed by atoms with E-state index in [4.69, 9.17) is 5.11 Å². The smallest absolute Gasteiger partial charge is 0.325 e. The average Bonchev–Trinajstić information content (AvgIpc) is 2.85. The molecule has 1 aliphatic rings. The number of carbonyl (C=O) groups excluding carboxylic acids is 2. The highest BCUT2D eigenvalue weighted by molar-refractivity contribution is 5.89. The summed E-state index contributed by atoms with van der Waals surface area (Å²) in [6.07, 6.45) is 2.85. The van der Waals surface area contributed by atoms with Crippen molar-refractivity contribution in [2.24, 2.45) is 0 Å². The van der Waals surface area contributed by atoms with Crippen LogP contribution in [-0.4, -0.2) is 68.8 Å². The van der Waals surface area contributed by atoms with Crippen LogP contribution in [0.1, 0.15) is 6.92 Å². The molecule has 114 valence electrons. The van der Waals surface area contributed by atoms with Crippen molar-refractivity contribution in [3.63, 3.8) is 0 Å². The summed E-state index contributed by atoms with van der Waals surface area (Å²) in [5.74, 6) is -0.999. The van der Waals surface area contributed by atoms with E-state index in [1.165, 1.54) is 24.0 Å². The van der Waals surface area contributed by atoms with Gasteiger partial charge in [0.15, 0.2) is 0 Å². The Morgan fingerprint density at radius 1 is 1.24 bits per heavy atom. The van der Waals surface area contributed by atoms with Gasteiger partial charge in [0, 0.05) is 39.3 Å². The zero-order valence-corrected chi connectivity index (χ0v) is 11.7. The molecule has 0 bridgehead atoms.